The molecule has 28 nitrogen and oxygen atoms in total. The average Bonchev–Trinajstić information content (AvgIpc) is 3.58. The summed E-state index contributed by atoms with van der Waals surface area (Å²) in [4.78, 5) is 32.0. The monoisotopic (exact) mass is 1250 g/mol. The summed E-state index contributed by atoms with van der Waals surface area (Å²) in [7, 11) is -19.3. The van der Waals surface area contributed by atoms with Crippen LogP contribution in [-0.4, -0.2) is 75.5 Å². The number of amides is 2. The Morgan fingerprint density at radius 2 is 0.667 bits per heavy atom. The summed E-state index contributed by atoms with van der Waals surface area (Å²) >= 11 is 0. The van der Waals surface area contributed by atoms with Gasteiger partial charge in [-0.2, -0.15) is 37.3 Å². The van der Waals surface area contributed by atoms with Crippen LogP contribution in [0, 0.1) is 0 Å². The van der Waals surface area contributed by atoms with Gasteiger partial charge in [-0.15, -0.1) is 20.5 Å². The molecule has 7 aromatic rings. The van der Waals surface area contributed by atoms with E-state index in [-0.39, 0.29) is 198 Å². The van der Waals surface area contributed by atoms with Crippen LogP contribution in [0.1, 0.15) is 34.6 Å². The van der Waals surface area contributed by atoms with E-state index in [0.29, 0.717) is 0 Å². The van der Waals surface area contributed by atoms with Crippen LogP contribution in [0.5, 0.6) is 0 Å². The van der Waals surface area contributed by atoms with Gasteiger partial charge in [-0.05, 0) is 171 Å². The number of nitrogens with zero attached hydrogens (tertiary/aromatic N) is 10. The number of anilines is 2. The van der Waals surface area contributed by atoms with Gasteiger partial charge in [0.05, 0.1) is 43.9 Å². The van der Waals surface area contributed by atoms with Gasteiger partial charge >= 0.3 is 118 Å². The van der Waals surface area contributed by atoms with E-state index in [0.717, 1.165) is 62.4 Å². The quantitative estimate of drug-likeness (QED) is 0.0219. The standard InChI is InChI=1S/C48H38N12O16S4.4Na/c1-27(61)49-43-23-33(11-19-39(43)57-59-41-21-13-35(25-45(41)79(71,72)73)55-53-31-7-15-37(16-8-31)77(65,66)67)51-47(63)29-3-5-30(6-4-29)48(64)52-34-12-20-40(44(24-34)50-28(2)62)58-60-42-22-14-36(26-46(42)80(74,75)76)56-54-32-9-17-38(18-10-32)78(68,69)70;;;;/h3-26H,1-2H3,(H,49,61)(H,50,62)(H,51,63)(H,52,64)(H,65,66,67)(H,68,69,70)(H,71,72,73)(H,74,75,76);;;;/q;4*+1/p-4. The van der Waals surface area contributed by atoms with Crippen molar-refractivity contribution < 1.29 is 190 Å². The first kappa shape index (κ1) is 72.7. The van der Waals surface area contributed by atoms with Crippen molar-refractivity contribution in [3.63, 3.8) is 0 Å². The van der Waals surface area contributed by atoms with E-state index in [2.05, 4.69) is 61.5 Å². The third-order valence-electron chi connectivity index (χ3n) is 10.2. The second kappa shape index (κ2) is 31.2. The van der Waals surface area contributed by atoms with Crippen LogP contribution in [0.2, 0.25) is 0 Å². The van der Waals surface area contributed by atoms with Gasteiger partial charge in [0, 0.05) is 22.5 Å². The number of hydrogen-bond donors (Lipinski definition) is 4. The van der Waals surface area contributed by atoms with Crippen molar-refractivity contribution in [1.29, 1.82) is 0 Å². The fraction of sp³-hybridized carbons (Fsp3) is 0.0417. The molecule has 0 heterocycles. The van der Waals surface area contributed by atoms with Gasteiger partial charge in [0.25, 0.3) is 32.1 Å². The van der Waals surface area contributed by atoms with Gasteiger partial charge in [-0.3, -0.25) is 28.7 Å². The molecule has 0 radical (unpaired) electrons. The summed E-state index contributed by atoms with van der Waals surface area (Å²) in [5.74, 6) is -2.71. The van der Waals surface area contributed by atoms with E-state index < -0.39 is 83.7 Å². The molecule has 0 fully saturated rings. The minimum absolute atomic E-state index is 0. The van der Waals surface area contributed by atoms with Gasteiger partial charge in [0.2, 0.25) is 0 Å². The van der Waals surface area contributed by atoms with Crippen molar-refractivity contribution in [2.45, 2.75) is 33.4 Å². The molecule has 36 heteroatoms. The third kappa shape index (κ3) is 20.9. The van der Waals surface area contributed by atoms with Gasteiger partial charge < -0.3 is 30.0 Å². The molecule has 0 bridgehead atoms. The molecule has 7 rings (SSSR count). The van der Waals surface area contributed by atoms with Gasteiger partial charge in [0.15, 0.2) is 0 Å². The molecule has 410 valence electrons. The smallest absolute Gasteiger partial charge is 0.862 e. The van der Waals surface area contributed by atoms with Crippen LogP contribution in [0.4, 0.5) is 68.2 Å². The molecule has 7 aromatic carbocycles. The van der Waals surface area contributed by atoms with E-state index in [1.165, 1.54) is 97.1 Å². The Kier molecular flexibility index (Phi) is 27.0. The summed E-state index contributed by atoms with van der Waals surface area (Å²) in [5.41, 5.74) is -0.708. The molecule has 84 heavy (non-hydrogen) atoms. The zero-order valence-corrected chi connectivity index (χ0v) is 55.8. The van der Waals surface area contributed by atoms with Crippen LogP contribution >= 0.6 is 0 Å². The van der Waals surface area contributed by atoms with Gasteiger partial charge in [0.1, 0.15) is 52.8 Å². The summed E-state index contributed by atoms with van der Waals surface area (Å²) in [6.45, 7) is 2.26. The number of azo groups is 4. The number of carbonyl (C=O) groups excluding carboxylic acids is 2. The van der Waals surface area contributed by atoms with Crippen LogP contribution in [0.3, 0.4) is 0 Å². The fourth-order valence-electron chi connectivity index (χ4n) is 6.58. The Balaban J connectivity index is 0.00000462. The molecular formula is C48H34N12Na4O16S4. The molecule has 0 aliphatic rings. The Morgan fingerprint density at radius 3 is 0.964 bits per heavy atom. The number of carbonyl (C=O) groups is 2. The fourth-order valence-corrected chi connectivity index (χ4v) is 8.81. The topological polar surface area (TPSA) is 451 Å². The summed E-state index contributed by atoms with van der Waals surface area (Å²) in [6, 6.07) is 28.6. The maximum Gasteiger partial charge on any atom is 1.00 e. The van der Waals surface area contributed by atoms with Gasteiger partial charge in [-0.25, -0.2) is 16.8 Å². The summed E-state index contributed by atoms with van der Waals surface area (Å²) in [6.07, 6.45) is 0. The van der Waals surface area contributed by atoms with E-state index in [9.17, 15) is 71.7 Å². The molecule has 0 aliphatic carbocycles. The molecule has 4 N–H and O–H groups in total. The maximum atomic E-state index is 13.3. The third-order valence-corrected chi connectivity index (χ3v) is 13.7. The zero-order chi connectivity index (χ0) is 58.2. The van der Waals surface area contributed by atoms with E-state index in [1.807, 2.05) is 0 Å². The first-order chi connectivity index (χ1) is 37.6. The Bertz CT molecular complexity index is 4000. The zero-order valence-electron chi connectivity index (χ0n) is 44.6. The molecule has 0 unspecified atom stereocenters. The number of benzene rings is 7. The predicted molar refractivity (Wildman–Crippen MR) is 279 cm³/mol. The molecular weight excluding hydrogens is 1220 g/mol. The normalized spacial score (nSPS) is 12.3. The summed E-state index contributed by atoms with van der Waals surface area (Å²) < 4.78 is 136. The Morgan fingerprint density at radius 1 is 0.381 bits per heavy atom. The van der Waals surface area contributed by atoms with Crippen LogP contribution in [0.25, 0.3) is 0 Å². The Hall–Kier alpha value is -5.54. The second-order valence-electron chi connectivity index (χ2n) is 16.1. The number of rotatable bonds is 18. The van der Waals surface area contributed by atoms with E-state index in [1.54, 1.807) is 0 Å². The molecule has 0 aliphatic heterocycles. The van der Waals surface area contributed by atoms with Crippen molar-refractivity contribution in [3.05, 3.63) is 157 Å². The van der Waals surface area contributed by atoms with E-state index >= 15 is 0 Å². The van der Waals surface area contributed by atoms with Crippen molar-refractivity contribution in [1.82, 2.24) is 0 Å². The molecule has 0 atom stereocenters. The number of nitrogens with one attached hydrogen (secondary N) is 2. The minimum Gasteiger partial charge on any atom is -0.862 e. The molecule has 0 aromatic heterocycles. The predicted octanol–water partition coefficient (Wildman–Crippen LogP) is -3.01. The molecule has 0 saturated carbocycles. The van der Waals surface area contributed by atoms with Crippen molar-refractivity contribution in [3.8, 4) is 0 Å². The van der Waals surface area contributed by atoms with E-state index in [4.69, 9.17) is 0 Å². The van der Waals surface area contributed by atoms with Crippen LogP contribution < -0.4 is 139 Å². The van der Waals surface area contributed by atoms with Crippen LogP contribution in [-0.2, 0) is 40.5 Å². The second-order valence-corrected chi connectivity index (χ2v) is 21.6. The molecule has 2 amide bonds. The Labute approximate surface area is 567 Å². The minimum atomic E-state index is -4.95. The number of hydrogen-bond acceptors (Lipinski definition) is 24. The van der Waals surface area contributed by atoms with Crippen molar-refractivity contribution in [2.75, 3.05) is 10.6 Å². The average molecular weight is 1260 g/mol. The van der Waals surface area contributed by atoms with Crippen LogP contribution in [0.15, 0.2) is 216 Å². The number of aliphatic imine (C=N–C) groups is 2. The largest absolute Gasteiger partial charge is 1.00 e. The van der Waals surface area contributed by atoms with Crippen molar-refractivity contribution in [2.24, 2.45) is 50.9 Å². The van der Waals surface area contributed by atoms with Gasteiger partial charge in [-0.1, -0.05) is 0 Å². The first-order valence-corrected chi connectivity index (χ1v) is 27.8. The molecule has 0 saturated heterocycles. The van der Waals surface area contributed by atoms with Crippen molar-refractivity contribution >= 4 is 132 Å². The maximum absolute atomic E-state index is 13.3. The summed E-state index contributed by atoms with van der Waals surface area (Å²) in [5, 5.41) is 60.8. The first-order valence-electron chi connectivity index (χ1n) is 22.1. The SMILES string of the molecule is CC([O-])=Nc1cc(NC(=O)c2ccc(C(=O)Nc3ccc(N=Nc4ccc(N=Nc5ccc(S(=O)(=O)[O-])cc5)cc4S(=O)(=O)O)c(N=C(C)[O-])c3)cc2)ccc1N=Nc1ccc(N=Nc2ccc(S(=O)(=O)[O-])cc2)cc1S(=O)(=O)O.[Na+].[Na+].[Na+].[Na+]. The molecule has 0 spiro atoms.